The number of amides is 2. The van der Waals surface area contributed by atoms with Crippen LogP contribution in [-0.4, -0.2) is 47.7 Å². The third-order valence-electron chi connectivity index (χ3n) is 3.46. The molecule has 1 heterocycles. The molecule has 1 saturated heterocycles. The van der Waals surface area contributed by atoms with E-state index in [0.717, 1.165) is 12.8 Å². The lowest BCUT2D eigenvalue weighted by atomic mass is 9.99. The third-order valence-corrected chi connectivity index (χ3v) is 3.46. The first-order valence-corrected chi connectivity index (χ1v) is 7.63. The van der Waals surface area contributed by atoms with Crippen molar-refractivity contribution in [3.05, 3.63) is 0 Å². The summed E-state index contributed by atoms with van der Waals surface area (Å²) in [5, 5.41) is 3.28. The molecule has 3 N–H and O–H groups in total. The lowest BCUT2D eigenvalue weighted by Crippen LogP contribution is -2.55. The van der Waals surface area contributed by atoms with Gasteiger partial charge in [-0.2, -0.15) is 0 Å². The van der Waals surface area contributed by atoms with Crippen LogP contribution in [0.1, 0.15) is 47.5 Å². The molecule has 0 radical (unpaired) electrons. The fourth-order valence-electron chi connectivity index (χ4n) is 2.46. The smallest absolute Gasteiger partial charge is 0.410 e. The molecule has 0 saturated carbocycles. The van der Waals surface area contributed by atoms with Gasteiger partial charge < -0.3 is 20.7 Å². The number of hydrogen-bond acceptors (Lipinski definition) is 4. The normalized spacial score (nSPS) is 21.2. The molecule has 0 spiro atoms. The number of nitrogens with one attached hydrogen (secondary N) is 1. The van der Waals surface area contributed by atoms with Crippen LogP contribution in [0.5, 0.6) is 0 Å². The van der Waals surface area contributed by atoms with Crippen molar-refractivity contribution >= 4 is 12.0 Å². The van der Waals surface area contributed by atoms with E-state index in [0.29, 0.717) is 13.1 Å². The van der Waals surface area contributed by atoms with E-state index in [1.54, 1.807) is 4.90 Å². The second-order valence-electron chi connectivity index (χ2n) is 7.06. The summed E-state index contributed by atoms with van der Waals surface area (Å²) in [6, 6.07) is -0.292. The zero-order chi connectivity index (χ0) is 16.2. The predicted molar refractivity (Wildman–Crippen MR) is 81.8 cm³/mol. The highest BCUT2D eigenvalue weighted by molar-refractivity contribution is 5.80. The Morgan fingerprint density at radius 3 is 2.43 bits per heavy atom. The fourth-order valence-corrected chi connectivity index (χ4v) is 2.46. The van der Waals surface area contributed by atoms with Crippen LogP contribution in [0.15, 0.2) is 0 Å². The monoisotopic (exact) mass is 299 g/mol. The lowest BCUT2D eigenvalue weighted by Gasteiger charge is -2.36. The second-order valence-corrected chi connectivity index (χ2v) is 7.06. The summed E-state index contributed by atoms with van der Waals surface area (Å²) < 4.78 is 5.39. The molecule has 2 amide bonds. The summed E-state index contributed by atoms with van der Waals surface area (Å²) in [4.78, 5) is 25.3. The van der Waals surface area contributed by atoms with E-state index in [1.165, 1.54) is 0 Å². The van der Waals surface area contributed by atoms with Crippen LogP contribution in [-0.2, 0) is 9.53 Å². The van der Waals surface area contributed by atoms with Crippen molar-refractivity contribution in [2.75, 3.05) is 13.1 Å². The van der Waals surface area contributed by atoms with Crippen LogP contribution >= 0.6 is 0 Å². The molecule has 1 aliphatic heterocycles. The van der Waals surface area contributed by atoms with Gasteiger partial charge in [0, 0.05) is 19.1 Å². The lowest BCUT2D eigenvalue weighted by molar-refractivity contribution is -0.121. The zero-order valence-electron chi connectivity index (χ0n) is 13.8. The Bertz CT molecular complexity index is 377. The fraction of sp³-hybridized carbons (Fsp3) is 0.867. The van der Waals surface area contributed by atoms with E-state index in [1.807, 2.05) is 34.6 Å². The number of carbonyl (C=O) groups excluding carboxylic acids is 2. The van der Waals surface area contributed by atoms with Crippen LogP contribution in [0, 0.1) is 5.92 Å². The van der Waals surface area contributed by atoms with E-state index in [4.69, 9.17) is 10.5 Å². The van der Waals surface area contributed by atoms with Crippen molar-refractivity contribution in [3.8, 4) is 0 Å². The molecule has 0 aromatic heterocycles. The number of likely N-dealkylation sites (tertiary alicyclic amines) is 1. The first-order chi connectivity index (χ1) is 9.60. The highest BCUT2D eigenvalue weighted by atomic mass is 16.6. The Balaban J connectivity index is 2.59. The minimum atomic E-state index is -0.495. The van der Waals surface area contributed by atoms with Gasteiger partial charge in [0.15, 0.2) is 0 Å². The second kappa shape index (κ2) is 7.11. The third kappa shape index (κ3) is 5.91. The Morgan fingerprint density at radius 1 is 1.33 bits per heavy atom. The number of carbonyl (C=O) groups is 2. The molecule has 0 aliphatic carbocycles. The summed E-state index contributed by atoms with van der Waals surface area (Å²) in [6.45, 7) is 10.7. The standard InChI is InChI=1S/C15H29N3O3/c1-10(2)12(13(16)19)17-11-7-6-8-18(9-11)14(20)21-15(3,4)5/h10-12,17H,6-9H2,1-5H3,(H2,16,19). The largest absolute Gasteiger partial charge is 0.444 e. The maximum Gasteiger partial charge on any atom is 0.410 e. The molecule has 2 unspecified atom stereocenters. The van der Waals surface area contributed by atoms with Crippen molar-refractivity contribution in [2.45, 2.75) is 65.1 Å². The van der Waals surface area contributed by atoms with Gasteiger partial charge in [0.05, 0.1) is 6.04 Å². The quantitative estimate of drug-likeness (QED) is 0.823. The molecule has 21 heavy (non-hydrogen) atoms. The minimum absolute atomic E-state index is 0.0752. The molecule has 6 heteroatoms. The predicted octanol–water partition coefficient (Wildman–Crippen LogP) is 1.49. The van der Waals surface area contributed by atoms with Gasteiger partial charge in [-0.3, -0.25) is 4.79 Å². The average molecular weight is 299 g/mol. The minimum Gasteiger partial charge on any atom is -0.444 e. The Kier molecular flexibility index (Phi) is 6.01. The van der Waals surface area contributed by atoms with Crippen LogP contribution in [0.3, 0.4) is 0 Å². The van der Waals surface area contributed by atoms with E-state index >= 15 is 0 Å². The van der Waals surface area contributed by atoms with Crippen molar-refractivity contribution in [1.82, 2.24) is 10.2 Å². The topological polar surface area (TPSA) is 84.7 Å². The molecular formula is C15H29N3O3. The molecule has 122 valence electrons. The van der Waals surface area contributed by atoms with E-state index in [-0.39, 0.29) is 30.0 Å². The molecule has 2 atom stereocenters. The van der Waals surface area contributed by atoms with Crippen molar-refractivity contribution < 1.29 is 14.3 Å². The molecule has 0 aromatic carbocycles. The summed E-state index contributed by atoms with van der Waals surface area (Å²) >= 11 is 0. The van der Waals surface area contributed by atoms with Gasteiger partial charge in [-0.25, -0.2) is 4.79 Å². The van der Waals surface area contributed by atoms with Crippen molar-refractivity contribution in [1.29, 1.82) is 0 Å². The van der Waals surface area contributed by atoms with E-state index < -0.39 is 5.60 Å². The number of rotatable bonds is 4. The maximum atomic E-state index is 12.1. The number of hydrogen-bond donors (Lipinski definition) is 2. The summed E-state index contributed by atoms with van der Waals surface area (Å²) in [6.07, 6.45) is 1.52. The van der Waals surface area contributed by atoms with Crippen LogP contribution in [0.4, 0.5) is 4.79 Å². The number of nitrogens with two attached hydrogens (primary N) is 1. The SMILES string of the molecule is CC(C)C(NC1CCCN(C(=O)OC(C)(C)C)C1)C(N)=O. The van der Waals surface area contributed by atoms with Crippen LogP contribution in [0.2, 0.25) is 0 Å². The molecular weight excluding hydrogens is 270 g/mol. The van der Waals surface area contributed by atoms with Gasteiger partial charge in [-0.15, -0.1) is 0 Å². The molecule has 0 aromatic rings. The first-order valence-electron chi connectivity index (χ1n) is 7.63. The number of ether oxygens (including phenoxy) is 1. The molecule has 1 fully saturated rings. The van der Waals surface area contributed by atoms with Gasteiger partial charge >= 0.3 is 6.09 Å². The van der Waals surface area contributed by atoms with Crippen molar-refractivity contribution in [2.24, 2.45) is 11.7 Å². The van der Waals surface area contributed by atoms with Crippen LogP contribution < -0.4 is 11.1 Å². The average Bonchev–Trinajstić information content (AvgIpc) is 2.33. The van der Waals surface area contributed by atoms with Gasteiger partial charge in [0.2, 0.25) is 5.91 Å². The summed E-state index contributed by atoms with van der Waals surface area (Å²) in [5.41, 5.74) is 4.93. The number of piperidine rings is 1. The van der Waals surface area contributed by atoms with Crippen molar-refractivity contribution in [3.63, 3.8) is 0 Å². The molecule has 6 nitrogen and oxygen atoms in total. The number of nitrogens with zero attached hydrogens (tertiary/aromatic N) is 1. The molecule has 1 rings (SSSR count). The highest BCUT2D eigenvalue weighted by Crippen LogP contribution is 2.16. The Labute approximate surface area is 127 Å². The molecule has 0 bridgehead atoms. The summed E-state index contributed by atoms with van der Waals surface area (Å²) in [5.74, 6) is -0.223. The Hall–Kier alpha value is -1.30. The molecule has 1 aliphatic rings. The van der Waals surface area contributed by atoms with Gasteiger partial charge in [0.1, 0.15) is 5.60 Å². The van der Waals surface area contributed by atoms with Crippen LogP contribution in [0.25, 0.3) is 0 Å². The van der Waals surface area contributed by atoms with E-state index in [2.05, 4.69) is 5.32 Å². The Morgan fingerprint density at radius 2 is 1.95 bits per heavy atom. The first kappa shape index (κ1) is 17.8. The van der Waals surface area contributed by atoms with Gasteiger partial charge in [-0.1, -0.05) is 13.8 Å². The summed E-state index contributed by atoms with van der Waals surface area (Å²) in [7, 11) is 0. The number of primary amides is 1. The van der Waals surface area contributed by atoms with Gasteiger partial charge in [-0.05, 0) is 39.5 Å². The maximum absolute atomic E-state index is 12.1. The zero-order valence-corrected chi connectivity index (χ0v) is 13.8. The van der Waals surface area contributed by atoms with Gasteiger partial charge in [0.25, 0.3) is 0 Å². The highest BCUT2D eigenvalue weighted by Gasteiger charge is 2.30. The van der Waals surface area contributed by atoms with E-state index in [9.17, 15) is 9.59 Å².